The molecule has 0 spiro atoms. The van der Waals surface area contributed by atoms with Crippen molar-refractivity contribution in [1.82, 2.24) is 15.6 Å². The molecule has 1 aromatic heterocycles. The number of aliphatic hydroxyl groups is 1. The molecule has 1 fully saturated rings. The zero-order valence-corrected chi connectivity index (χ0v) is 12.0. The van der Waals surface area contributed by atoms with Crippen molar-refractivity contribution >= 4 is 17.4 Å². The van der Waals surface area contributed by atoms with E-state index in [1.165, 1.54) is 0 Å². The van der Waals surface area contributed by atoms with Crippen molar-refractivity contribution in [3.63, 3.8) is 0 Å². The van der Waals surface area contributed by atoms with E-state index in [1.54, 1.807) is 17.5 Å². The Labute approximate surface area is 117 Å². The van der Waals surface area contributed by atoms with Crippen LogP contribution in [0.25, 0.3) is 0 Å². The van der Waals surface area contributed by atoms with E-state index < -0.39 is 0 Å². The number of urea groups is 1. The van der Waals surface area contributed by atoms with Crippen molar-refractivity contribution in [2.24, 2.45) is 5.92 Å². The Bertz CT molecular complexity index is 414. The number of amides is 2. The number of carbonyl (C=O) groups is 1. The summed E-state index contributed by atoms with van der Waals surface area (Å²) >= 11 is 1.60. The van der Waals surface area contributed by atoms with Gasteiger partial charge in [-0.3, -0.25) is 0 Å². The Kier molecular flexibility index (Phi) is 5.15. The van der Waals surface area contributed by atoms with Gasteiger partial charge in [0.05, 0.1) is 11.6 Å². The van der Waals surface area contributed by atoms with Crippen LogP contribution in [0.1, 0.15) is 35.6 Å². The van der Waals surface area contributed by atoms with E-state index in [-0.39, 0.29) is 18.7 Å². The summed E-state index contributed by atoms with van der Waals surface area (Å²) in [5, 5.41) is 15.9. The highest BCUT2D eigenvalue weighted by atomic mass is 32.1. The van der Waals surface area contributed by atoms with Gasteiger partial charge in [-0.2, -0.15) is 0 Å². The van der Waals surface area contributed by atoms with E-state index in [9.17, 15) is 4.79 Å². The summed E-state index contributed by atoms with van der Waals surface area (Å²) in [6.07, 6.45) is 5.70. The third-order valence-corrected chi connectivity index (χ3v) is 4.45. The molecule has 0 aromatic carbocycles. The first-order chi connectivity index (χ1) is 9.17. The van der Waals surface area contributed by atoms with Gasteiger partial charge in [0.1, 0.15) is 0 Å². The molecule has 1 aromatic rings. The summed E-state index contributed by atoms with van der Waals surface area (Å²) in [5.74, 6) is 0.418. The van der Waals surface area contributed by atoms with Crippen LogP contribution >= 0.6 is 11.3 Å². The molecule has 106 valence electrons. The Hall–Kier alpha value is -1.14. The van der Waals surface area contributed by atoms with Crippen LogP contribution < -0.4 is 10.6 Å². The molecule has 1 saturated carbocycles. The minimum Gasteiger partial charge on any atom is -0.396 e. The lowest BCUT2D eigenvalue weighted by Crippen LogP contribution is -2.43. The monoisotopic (exact) mass is 283 g/mol. The third kappa shape index (κ3) is 4.47. The minimum atomic E-state index is -0.112. The molecule has 1 aliphatic rings. The van der Waals surface area contributed by atoms with Gasteiger partial charge in [-0.15, -0.1) is 11.3 Å². The summed E-state index contributed by atoms with van der Waals surface area (Å²) in [6, 6.07) is 0.129. The Morgan fingerprint density at radius 3 is 2.79 bits per heavy atom. The molecular weight excluding hydrogens is 262 g/mol. The Morgan fingerprint density at radius 1 is 1.47 bits per heavy atom. The van der Waals surface area contributed by atoms with Crippen molar-refractivity contribution in [3.8, 4) is 0 Å². The maximum Gasteiger partial charge on any atom is 0.315 e. The first-order valence-electron chi connectivity index (χ1n) is 6.74. The normalized spacial score (nSPS) is 23.1. The van der Waals surface area contributed by atoms with E-state index in [4.69, 9.17) is 5.11 Å². The molecule has 0 saturated heterocycles. The second-order valence-corrected chi connectivity index (χ2v) is 6.39. The second-order valence-electron chi connectivity index (χ2n) is 5.07. The fraction of sp³-hybridized carbons (Fsp3) is 0.692. The number of aryl methyl sites for hydroxylation is 1. The lowest BCUT2D eigenvalue weighted by Gasteiger charge is -2.27. The van der Waals surface area contributed by atoms with Crippen LogP contribution in [-0.2, 0) is 6.54 Å². The first kappa shape index (κ1) is 14.3. The van der Waals surface area contributed by atoms with Crippen LogP contribution in [0.3, 0.4) is 0 Å². The van der Waals surface area contributed by atoms with Crippen molar-refractivity contribution < 1.29 is 9.90 Å². The molecule has 5 nitrogen and oxygen atoms in total. The van der Waals surface area contributed by atoms with Gasteiger partial charge in [-0.1, -0.05) is 0 Å². The SMILES string of the molecule is Cc1ncc(CNC(=O)NC2CCC(CO)CC2)s1. The summed E-state index contributed by atoms with van der Waals surface area (Å²) < 4.78 is 0. The molecule has 2 rings (SSSR count). The number of nitrogens with zero attached hydrogens (tertiary/aromatic N) is 1. The van der Waals surface area contributed by atoms with E-state index in [0.717, 1.165) is 35.6 Å². The summed E-state index contributed by atoms with van der Waals surface area (Å²) in [5.41, 5.74) is 0. The molecule has 0 aliphatic heterocycles. The maximum absolute atomic E-state index is 11.8. The van der Waals surface area contributed by atoms with E-state index in [2.05, 4.69) is 15.6 Å². The molecule has 19 heavy (non-hydrogen) atoms. The summed E-state index contributed by atoms with van der Waals surface area (Å²) in [7, 11) is 0. The number of aliphatic hydroxyl groups excluding tert-OH is 1. The lowest BCUT2D eigenvalue weighted by atomic mass is 9.87. The number of hydrogen-bond acceptors (Lipinski definition) is 4. The minimum absolute atomic E-state index is 0.112. The highest BCUT2D eigenvalue weighted by Crippen LogP contribution is 2.23. The third-order valence-electron chi connectivity index (χ3n) is 3.53. The van der Waals surface area contributed by atoms with Gasteiger partial charge in [0, 0.05) is 23.7 Å². The second kappa shape index (κ2) is 6.86. The fourth-order valence-electron chi connectivity index (χ4n) is 2.38. The lowest BCUT2D eigenvalue weighted by molar-refractivity contribution is 0.174. The van der Waals surface area contributed by atoms with Gasteiger partial charge >= 0.3 is 6.03 Å². The van der Waals surface area contributed by atoms with E-state index in [0.29, 0.717) is 12.5 Å². The number of aromatic nitrogens is 1. The molecular formula is C13H21N3O2S. The van der Waals surface area contributed by atoms with Gasteiger partial charge in [-0.25, -0.2) is 9.78 Å². The number of nitrogens with one attached hydrogen (secondary N) is 2. The molecule has 1 heterocycles. The van der Waals surface area contributed by atoms with Crippen LogP contribution in [0.2, 0.25) is 0 Å². The zero-order valence-electron chi connectivity index (χ0n) is 11.2. The smallest absolute Gasteiger partial charge is 0.315 e. The van der Waals surface area contributed by atoms with E-state index in [1.807, 2.05) is 6.92 Å². The first-order valence-corrected chi connectivity index (χ1v) is 7.55. The number of hydrogen-bond donors (Lipinski definition) is 3. The van der Waals surface area contributed by atoms with Crippen molar-refractivity contribution in [2.75, 3.05) is 6.61 Å². The highest BCUT2D eigenvalue weighted by molar-refractivity contribution is 7.11. The number of carbonyl (C=O) groups excluding carboxylic acids is 1. The van der Waals surface area contributed by atoms with Crippen molar-refractivity contribution in [1.29, 1.82) is 0 Å². The topological polar surface area (TPSA) is 74.2 Å². The molecule has 3 N–H and O–H groups in total. The van der Waals surface area contributed by atoms with Gasteiger partial charge in [0.15, 0.2) is 0 Å². The predicted molar refractivity (Wildman–Crippen MR) is 75.1 cm³/mol. The van der Waals surface area contributed by atoms with Crippen LogP contribution in [0.4, 0.5) is 4.79 Å². The fourth-order valence-corrected chi connectivity index (χ4v) is 3.11. The van der Waals surface area contributed by atoms with Gasteiger partial charge in [0.2, 0.25) is 0 Å². The predicted octanol–water partition coefficient (Wildman–Crippen LogP) is 1.80. The van der Waals surface area contributed by atoms with Crippen LogP contribution in [-0.4, -0.2) is 28.8 Å². The molecule has 1 aliphatic carbocycles. The van der Waals surface area contributed by atoms with Gasteiger partial charge in [0.25, 0.3) is 0 Å². The zero-order chi connectivity index (χ0) is 13.7. The van der Waals surface area contributed by atoms with Gasteiger partial charge < -0.3 is 15.7 Å². The molecule has 0 radical (unpaired) electrons. The Balaban J connectivity index is 1.67. The van der Waals surface area contributed by atoms with Crippen LogP contribution in [0, 0.1) is 12.8 Å². The van der Waals surface area contributed by atoms with E-state index >= 15 is 0 Å². The largest absolute Gasteiger partial charge is 0.396 e. The summed E-state index contributed by atoms with van der Waals surface area (Å²) in [6.45, 7) is 2.75. The molecule has 0 unspecified atom stereocenters. The molecule has 2 amide bonds. The molecule has 0 bridgehead atoms. The quantitative estimate of drug-likeness (QED) is 0.789. The average Bonchev–Trinajstić information content (AvgIpc) is 2.83. The Morgan fingerprint density at radius 2 is 2.21 bits per heavy atom. The number of thiazole rings is 1. The van der Waals surface area contributed by atoms with Gasteiger partial charge in [-0.05, 0) is 38.5 Å². The number of rotatable bonds is 4. The van der Waals surface area contributed by atoms with Crippen LogP contribution in [0.15, 0.2) is 6.20 Å². The molecule has 6 heteroatoms. The molecule has 0 atom stereocenters. The average molecular weight is 283 g/mol. The van der Waals surface area contributed by atoms with Crippen molar-refractivity contribution in [3.05, 3.63) is 16.1 Å². The highest BCUT2D eigenvalue weighted by Gasteiger charge is 2.21. The van der Waals surface area contributed by atoms with Crippen LogP contribution in [0.5, 0.6) is 0 Å². The summed E-state index contributed by atoms with van der Waals surface area (Å²) in [4.78, 5) is 17.0. The maximum atomic E-state index is 11.8. The standard InChI is InChI=1S/C13H21N3O2S/c1-9-14-6-12(19-9)7-15-13(18)16-11-4-2-10(8-17)3-5-11/h6,10-11,17H,2-5,7-8H2,1H3,(H2,15,16,18). The van der Waals surface area contributed by atoms with Crippen molar-refractivity contribution in [2.45, 2.75) is 45.2 Å².